The van der Waals surface area contributed by atoms with Gasteiger partial charge in [0.05, 0.1) is 0 Å². The van der Waals surface area contributed by atoms with E-state index in [0.717, 1.165) is 212 Å². The van der Waals surface area contributed by atoms with Crippen molar-refractivity contribution in [2.24, 2.45) is 0 Å². The molecule has 642 valence electrons. The van der Waals surface area contributed by atoms with Crippen LogP contribution in [0.15, 0.2) is 353 Å². The van der Waals surface area contributed by atoms with Crippen LogP contribution in [0.25, 0.3) is 201 Å². The average Bonchev–Trinajstić information content (AvgIpc) is 0.771. The summed E-state index contributed by atoms with van der Waals surface area (Å²) in [5, 5.41) is 0. The standard InChI is InChI=1S/C120H94N10.2Ir/c1-117(2,3)113-67-107(123-73-127-113)83-49-37-77(38-50-83)95-25-13-19-31-101(95)89-61-90(102-32-20-14-26-96(102)78-39-51-84(52-40-78)108-68-114(118(4,5)6)128-74-124-108)64-93(63-89)105-35-23-17-29-99(105)81-45-57-87(58-46-81)111-71-122-112(72-121-111)88-59-47-82(48-60-88)100-30-18-24-36-106(100)94-65-91(103-33-21-15-27-97(103)79-41-53-85(54-42-79)109-69-115(119(7,8)9)129-75-125-109)62-92(66-94)104-34-22-16-28-98(104)80-43-55-86(56-44-80)110-70-116(120(10,11)12)130-76-126-110;;/h13-49,51,53,55,57,59,61-76H,1-12H3;;/q-6;2*+3. The molecule has 10 nitrogen and oxygen atoms in total. The Labute approximate surface area is 801 Å². The van der Waals surface area contributed by atoms with Gasteiger partial charge in [-0.05, 0) is 126 Å². The minimum Gasteiger partial charge on any atom is -0.311 e. The van der Waals surface area contributed by atoms with E-state index in [-0.39, 0.29) is 61.9 Å². The number of aromatic nitrogens is 10. The Balaban J connectivity index is 0.00000608. The second-order valence-electron chi connectivity index (χ2n) is 37.3. The van der Waals surface area contributed by atoms with Crippen molar-refractivity contribution in [2.75, 3.05) is 0 Å². The smallest absolute Gasteiger partial charge is 0.311 e. The number of hydrogen-bond acceptors (Lipinski definition) is 10. The summed E-state index contributed by atoms with van der Waals surface area (Å²) in [6, 6.07) is 134. The molecule has 19 rings (SSSR count). The third-order valence-electron chi connectivity index (χ3n) is 24.1. The van der Waals surface area contributed by atoms with Crippen LogP contribution in [0.3, 0.4) is 0 Å². The first-order valence-corrected chi connectivity index (χ1v) is 44.1. The SMILES string of the molecule is CC(C)(C)c1cc(-c2[c-]cc(-c3ccccc3-c3cc(-c4ccccc4-c4c[c-]c(-c5cnc(-c6[c-]cc(-c7ccccc7-c7cc(-c8ccccc8-c8c[c-]c(-c9cc(C(C)(C)C)ncn9)cc8)cc(-c8ccccc8-c8c[c-]c(-c9cc(C(C)(C)C)ncn9)cc8)c7)cc6)cn5)cc4)cc(-c4ccccc4-c4c[c-]c(-c5cc(C(C)(C)C)ncn5)cc4)c3)cc2)ncn1.[Ir+3].[Ir+3]. The Morgan fingerprint density at radius 3 is 0.470 bits per heavy atom. The van der Waals surface area contributed by atoms with Crippen LogP contribution in [-0.2, 0) is 61.9 Å². The molecular formula is C120H94Ir2N10. The number of rotatable bonds is 18. The van der Waals surface area contributed by atoms with Crippen LogP contribution >= 0.6 is 0 Å². The van der Waals surface area contributed by atoms with Gasteiger partial charge in [0.15, 0.2) is 0 Å². The van der Waals surface area contributed by atoms with E-state index < -0.39 is 0 Å². The maximum Gasteiger partial charge on any atom is 3.00 e. The summed E-state index contributed by atoms with van der Waals surface area (Å²) >= 11 is 0. The third-order valence-corrected chi connectivity index (χ3v) is 24.1. The van der Waals surface area contributed by atoms with Crippen LogP contribution in [0.4, 0.5) is 0 Å². The summed E-state index contributed by atoms with van der Waals surface area (Å²) in [5.41, 5.74) is 39.0. The molecule has 0 amide bonds. The Morgan fingerprint density at radius 2 is 0.326 bits per heavy atom. The molecule has 0 aliphatic rings. The second-order valence-corrected chi connectivity index (χ2v) is 37.3. The normalized spacial score (nSPS) is 11.7. The first-order valence-electron chi connectivity index (χ1n) is 44.1. The van der Waals surface area contributed by atoms with E-state index in [4.69, 9.17) is 9.97 Å². The summed E-state index contributed by atoms with van der Waals surface area (Å²) in [6.45, 7) is 26.0. The Morgan fingerprint density at radius 1 is 0.167 bits per heavy atom. The summed E-state index contributed by atoms with van der Waals surface area (Å²) in [5.74, 6) is 0. The molecule has 14 aromatic carbocycles. The van der Waals surface area contributed by atoms with Gasteiger partial charge in [-0.2, -0.15) is 0 Å². The Kier molecular flexibility index (Phi) is 25.6. The topological polar surface area (TPSA) is 129 Å². The van der Waals surface area contributed by atoms with E-state index in [2.05, 4.69) is 475 Å². The number of benzene rings is 14. The molecule has 0 bridgehead atoms. The summed E-state index contributed by atoms with van der Waals surface area (Å²) in [4.78, 5) is 47.3. The molecule has 0 radical (unpaired) electrons. The maximum absolute atomic E-state index is 5.05. The fourth-order valence-corrected chi connectivity index (χ4v) is 16.9. The molecule has 0 spiro atoms. The van der Waals surface area contributed by atoms with Gasteiger partial charge >= 0.3 is 40.2 Å². The molecule has 12 heteroatoms. The van der Waals surface area contributed by atoms with E-state index in [1.807, 2.05) is 12.4 Å². The largest absolute Gasteiger partial charge is 3.00 e. The molecule has 0 aliphatic heterocycles. The van der Waals surface area contributed by atoms with Crippen LogP contribution in [0.1, 0.15) is 106 Å². The molecule has 0 saturated heterocycles. The minimum atomic E-state index is -0.130. The zero-order chi connectivity index (χ0) is 89.4. The van der Waals surface area contributed by atoms with Gasteiger partial charge in [-0.25, -0.2) is 19.9 Å². The third kappa shape index (κ3) is 19.2. The monoisotopic (exact) mass is 2060 g/mol. The van der Waals surface area contributed by atoms with Gasteiger partial charge in [-0.1, -0.05) is 320 Å². The summed E-state index contributed by atoms with van der Waals surface area (Å²) < 4.78 is 0. The molecule has 0 unspecified atom stereocenters. The zero-order valence-electron chi connectivity index (χ0n) is 75.6. The molecule has 0 atom stereocenters. The fourth-order valence-electron chi connectivity index (χ4n) is 16.9. The van der Waals surface area contributed by atoms with Gasteiger partial charge in [-0.3, -0.25) is 19.9 Å². The maximum atomic E-state index is 5.05. The quantitative estimate of drug-likeness (QED) is 0.0766. The van der Waals surface area contributed by atoms with E-state index in [0.29, 0.717) is 11.4 Å². The number of nitrogens with zero attached hydrogens (tertiary/aromatic N) is 10. The van der Waals surface area contributed by atoms with Gasteiger partial charge in [0.1, 0.15) is 25.3 Å². The Bertz CT molecular complexity index is 6620. The Hall–Kier alpha value is -14.2. The zero-order valence-corrected chi connectivity index (χ0v) is 80.4. The molecule has 0 aliphatic carbocycles. The van der Waals surface area contributed by atoms with Crippen LogP contribution in [0, 0.1) is 36.4 Å². The predicted octanol–water partition coefficient (Wildman–Crippen LogP) is 29.6. The molecule has 132 heavy (non-hydrogen) atoms. The summed E-state index contributed by atoms with van der Waals surface area (Å²) in [7, 11) is 0. The van der Waals surface area contributed by atoms with Gasteiger partial charge in [0, 0.05) is 68.2 Å². The molecule has 0 fully saturated rings. The first kappa shape index (κ1) is 89.7. The van der Waals surface area contributed by atoms with Crippen LogP contribution < -0.4 is 0 Å². The van der Waals surface area contributed by atoms with Crippen molar-refractivity contribution in [3.8, 4) is 201 Å². The predicted molar refractivity (Wildman–Crippen MR) is 530 cm³/mol. The molecule has 5 aromatic heterocycles. The van der Waals surface area contributed by atoms with Gasteiger partial charge < -0.3 is 9.97 Å². The van der Waals surface area contributed by atoms with Crippen LogP contribution in [0.5, 0.6) is 0 Å². The second kappa shape index (κ2) is 37.7. The van der Waals surface area contributed by atoms with E-state index in [1.165, 1.54) is 0 Å². The molecule has 0 N–H and O–H groups in total. The van der Waals surface area contributed by atoms with Crippen LogP contribution in [0.2, 0.25) is 0 Å². The first-order chi connectivity index (χ1) is 62.9. The molecule has 0 saturated carbocycles. The van der Waals surface area contributed by atoms with Crippen molar-refractivity contribution >= 4 is 0 Å². The average molecular weight is 2060 g/mol. The van der Waals surface area contributed by atoms with Crippen molar-refractivity contribution in [2.45, 2.75) is 105 Å². The van der Waals surface area contributed by atoms with Crippen molar-refractivity contribution in [3.05, 3.63) is 412 Å². The molecule has 5 heterocycles. The molecule has 19 aromatic rings. The fraction of sp³-hybridized carbons (Fsp3) is 0.133. The van der Waals surface area contributed by atoms with E-state index >= 15 is 0 Å². The van der Waals surface area contributed by atoms with Crippen molar-refractivity contribution in [1.29, 1.82) is 0 Å². The minimum absolute atomic E-state index is 0. The van der Waals surface area contributed by atoms with Crippen molar-refractivity contribution < 1.29 is 40.2 Å². The van der Waals surface area contributed by atoms with Gasteiger partial charge in [0.25, 0.3) is 0 Å². The molecular weight excluding hydrogens is 1970 g/mol. The van der Waals surface area contributed by atoms with Gasteiger partial charge in [0.2, 0.25) is 0 Å². The number of hydrogen-bond donors (Lipinski definition) is 0. The van der Waals surface area contributed by atoms with Crippen LogP contribution in [-0.4, -0.2) is 49.8 Å². The van der Waals surface area contributed by atoms with Gasteiger partial charge in [-0.15, -0.1) is 179 Å². The van der Waals surface area contributed by atoms with E-state index in [1.54, 1.807) is 25.3 Å². The van der Waals surface area contributed by atoms with E-state index in [9.17, 15) is 0 Å². The van der Waals surface area contributed by atoms with Crippen molar-refractivity contribution in [1.82, 2.24) is 49.8 Å². The summed E-state index contributed by atoms with van der Waals surface area (Å²) in [6.07, 6.45) is 10.3. The van der Waals surface area contributed by atoms with Crippen molar-refractivity contribution in [3.63, 3.8) is 0 Å².